The first-order valence-corrected chi connectivity index (χ1v) is 11.9. The van der Waals surface area contributed by atoms with Gasteiger partial charge in [-0.1, -0.05) is 30.3 Å². The molecule has 2 aromatic carbocycles. The van der Waals surface area contributed by atoms with Crippen LogP contribution in [0.5, 0.6) is 0 Å². The molecule has 5 atom stereocenters. The molecule has 0 spiro atoms. The maximum atomic E-state index is 12.1. The molecule has 15 heteroatoms. The molecule has 15 nitrogen and oxygen atoms in total. The minimum Gasteiger partial charge on any atom is -0.463 e. The Balaban J connectivity index is 2.07. The molecule has 40 heavy (non-hydrogen) atoms. The van der Waals surface area contributed by atoms with Gasteiger partial charge in [0.15, 0.2) is 18.5 Å². The number of rotatable bonds is 11. The fraction of sp³-hybridized carbons (Fsp3) is 0.400. The predicted octanol–water partition coefficient (Wildman–Crippen LogP) is 2.65. The maximum absolute atomic E-state index is 12.1. The monoisotopic (exact) mass is 561 g/mol. The van der Waals surface area contributed by atoms with Crippen LogP contribution in [0.3, 0.4) is 0 Å². The van der Waals surface area contributed by atoms with Gasteiger partial charge in [0.1, 0.15) is 24.4 Å². The van der Waals surface area contributed by atoms with E-state index in [4.69, 9.17) is 23.7 Å². The predicted molar refractivity (Wildman–Crippen MR) is 135 cm³/mol. The molecule has 1 fully saturated rings. The molecule has 1 N–H and O–H groups in total. The summed E-state index contributed by atoms with van der Waals surface area (Å²) in [5.41, 5.74) is -0.664. The first kappa shape index (κ1) is 29.9. The Morgan fingerprint density at radius 2 is 1.55 bits per heavy atom. The summed E-state index contributed by atoms with van der Waals surface area (Å²) in [4.78, 5) is 57.1. The van der Waals surface area contributed by atoms with Crippen molar-refractivity contribution in [3.05, 3.63) is 74.3 Å². The minimum absolute atomic E-state index is 0.00775. The lowest BCUT2D eigenvalue weighted by Gasteiger charge is -2.45. The van der Waals surface area contributed by atoms with Crippen LogP contribution in [0.15, 0.2) is 48.5 Å². The number of carbonyl (C=O) groups is 3. The summed E-state index contributed by atoms with van der Waals surface area (Å²) in [5.74, 6) is -2.21. The van der Waals surface area contributed by atoms with Crippen molar-refractivity contribution in [1.82, 2.24) is 0 Å². The third-order valence-corrected chi connectivity index (χ3v) is 5.67. The topological polar surface area (TPSA) is 196 Å². The fourth-order valence-electron chi connectivity index (χ4n) is 4.05. The van der Waals surface area contributed by atoms with Gasteiger partial charge >= 0.3 is 17.9 Å². The van der Waals surface area contributed by atoms with Crippen LogP contribution in [-0.2, 0) is 44.7 Å². The molecular weight excluding hydrogens is 534 g/mol. The molecule has 1 saturated heterocycles. The number of nitro benzene ring substituents is 2. The van der Waals surface area contributed by atoms with E-state index in [0.717, 1.165) is 44.5 Å². The number of carbonyl (C=O) groups excluding carboxylic acids is 3. The highest BCUT2D eigenvalue weighted by Crippen LogP contribution is 2.35. The van der Waals surface area contributed by atoms with Crippen molar-refractivity contribution >= 4 is 35.0 Å². The average Bonchev–Trinajstić information content (AvgIpc) is 2.89. The zero-order valence-corrected chi connectivity index (χ0v) is 21.7. The van der Waals surface area contributed by atoms with Gasteiger partial charge in [-0.25, -0.2) is 0 Å². The van der Waals surface area contributed by atoms with Crippen LogP contribution >= 0.6 is 0 Å². The SMILES string of the molecule is CC(=O)OC[C@H]1OC(OCc2ccccc2)[C@H](OC(C)=O)[C@@H](Nc2ccc([N+](=O)[O-])cc2[N+](=O)[O-])[C@@H]1OC(C)=O. The molecule has 1 aliphatic heterocycles. The van der Waals surface area contributed by atoms with Gasteiger partial charge in [-0.05, 0) is 11.6 Å². The van der Waals surface area contributed by atoms with E-state index in [9.17, 15) is 34.6 Å². The lowest BCUT2D eigenvalue weighted by Crippen LogP contribution is -2.64. The number of hydrogen-bond acceptors (Lipinski definition) is 13. The largest absolute Gasteiger partial charge is 0.463 e. The second kappa shape index (κ2) is 13.4. The number of ether oxygens (including phenoxy) is 5. The third-order valence-electron chi connectivity index (χ3n) is 5.67. The molecule has 1 unspecified atom stereocenters. The summed E-state index contributed by atoms with van der Waals surface area (Å²) < 4.78 is 27.9. The number of hydrogen-bond donors (Lipinski definition) is 1. The smallest absolute Gasteiger partial charge is 0.303 e. The summed E-state index contributed by atoms with van der Waals surface area (Å²) in [7, 11) is 0. The molecule has 1 heterocycles. The second-order valence-electron chi connectivity index (χ2n) is 8.68. The summed E-state index contributed by atoms with van der Waals surface area (Å²) in [6.07, 6.45) is -5.18. The van der Waals surface area contributed by atoms with Crippen molar-refractivity contribution < 1.29 is 47.9 Å². The first-order chi connectivity index (χ1) is 19.0. The minimum atomic E-state index is -1.35. The van der Waals surface area contributed by atoms with Crippen molar-refractivity contribution in [2.45, 2.75) is 58.0 Å². The quantitative estimate of drug-likeness (QED) is 0.182. The van der Waals surface area contributed by atoms with E-state index in [2.05, 4.69) is 5.32 Å². The number of non-ortho nitro benzene ring substituents is 1. The Morgan fingerprint density at radius 3 is 2.12 bits per heavy atom. The van der Waals surface area contributed by atoms with E-state index in [1.165, 1.54) is 0 Å². The number of anilines is 1. The van der Waals surface area contributed by atoms with Gasteiger partial charge in [0.2, 0.25) is 0 Å². The number of nitro groups is 2. The Labute approximate surface area is 227 Å². The highest BCUT2D eigenvalue weighted by molar-refractivity contribution is 5.69. The Morgan fingerprint density at radius 1 is 0.900 bits per heavy atom. The van der Waals surface area contributed by atoms with Crippen LogP contribution in [0.2, 0.25) is 0 Å². The highest BCUT2D eigenvalue weighted by Gasteiger charge is 2.51. The normalized spacial score (nSPS) is 22.0. The molecule has 2 aromatic rings. The van der Waals surface area contributed by atoms with Crippen LogP contribution in [0, 0.1) is 20.2 Å². The molecule has 0 saturated carbocycles. The van der Waals surface area contributed by atoms with Crippen molar-refractivity contribution in [3.63, 3.8) is 0 Å². The van der Waals surface area contributed by atoms with Crippen molar-refractivity contribution in [1.29, 1.82) is 0 Å². The second-order valence-corrected chi connectivity index (χ2v) is 8.68. The summed E-state index contributed by atoms with van der Waals surface area (Å²) >= 11 is 0. The van der Waals surface area contributed by atoms with Crippen LogP contribution < -0.4 is 5.32 Å². The molecule has 0 radical (unpaired) electrons. The Kier molecular flexibility index (Phi) is 10.1. The number of benzene rings is 2. The molecule has 214 valence electrons. The van der Waals surface area contributed by atoms with Gasteiger partial charge in [-0.3, -0.25) is 34.6 Å². The van der Waals surface area contributed by atoms with Gasteiger partial charge in [0.05, 0.1) is 22.5 Å². The molecule has 3 rings (SSSR count). The standard InChI is InChI=1S/C25H27N3O12/c1-14(29)36-13-21-23(38-15(2)30)22(26-19-10-9-18(27(32)33)11-20(19)28(34)35)24(39-16(3)31)25(40-21)37-12-17-7-5-4-6-8-17/h4-11,21-26H,12-13H2,1-3H3/t21-,22+,23-,24-,25?/m1/s1. The fourth-order valence-corrected chi connectivity index (χ4v) is 4.05. The van der Waals surface area contributed by atoms with E-state index in [1.807, 2.05) is 0 Å². The first-order valence-electron chi connectivity index (χ1n) is 11.9. The van der Waals surface area contributed by atoms with Gasteiger partial charge in [0.25, 0.3) is 11.4 Å². The molecule has 0 aromatic heterocycles. The molecule has 0 bridgehead atoms. The molecule has 1 aliphatic rings. The lowest BCUT2D eigenvalue weighted by atomic mass is 9.95. The van der Waals surface area contributed by atoms with Gasteiger partial charge in [-0.2, -0.15) is 0 Å². The molecular formula is C25H27N3O12. The van der Waals surface area contributed by atoms with Crippen LogP contribution in [0.4, 0.5) is 17.1 Å². The number of esters is 3. The van der Waals surface area contributed by atoms with Crippen LogP contribution in [0.25, 0.3) is 0 Å². The summed E-state index contributed by atoms with van der Waals surface area (Å²) in [6.45, 7) is 2.96. The van der Waals surface area contributed by atoms with Gasteiger partial charge in [0, 0.05) is 26.8 Å². The molecule has 0 aliphatic carbocycles. The van der Waals surface area contributed by atoms with Crippen molar-refractivity contribution in [2.75, 3.05) is 11.9 Å². The summed E-state index contributed by atoms with van der Waals surface area (Å²) in [5, 5.41) is 25.8. The lowest BCUT2D eigenvalue weighted by molar-refractivity contribution is -0.393. The van der Waals surface area contributed by atoms with E-state index < -0.39 is 76.4 Å². The van der Waals surface area contributed by atoms with Gasteiger partial charge < -0.3 is 29.0 Å². The maximum Gasteiger partial charge on any atom is 0.303 e. The Bertz CT molecular complexity index is 1250. The van der Waals surface area contributed by atoms with Crippen LogP contribution in [-0.4, -0.2) is 65.0 Å². The van der Waals surface area contributed by atoms with Crippen molar-refractivity contribution in [3.8, 4) is 0 Å². The summed E-state index contributed by atoms with van der Waals surface area (Å²) in [6, 6.07) is 10.5. The van der Waals surface area contributed by atoms with Gasteiger partial charge in [-0.15, -0.1) is 0 Å². The van der Waals surface area contributed by atoms with Crippen LogP contribution in [0.1, 0.15) is 26.3 Å². The van der Waals surface area contributed by atoms with E-state index in [1.54, 1.807) is 30.3 Å². The van der Waals surface area contributed by atoms with E-state index in [0.29, 0.717) is 0 Å². The zero-order valence-electron chi connectivity index (χ0n) is 21.7. The molecule has 0 amide bonds. The van der Waals surface area contributed by atoms with Crippen molar-refractivity contribution in [2.24, 2.45) is 0 Å². The van der Waals surface area contributed by atoms with E-state index in [-0.39, 0.29) is 12.3 Å². The highest BCUT2D eigenvalue weighted by atomic mass is 16.7. The van der Waals surface area contributed by atoms with E-state index >= 15 is 0 Å². The third kappa shape index (κ3) is 7.94. The zero-order chi connectivity index (χ0) is 29.4. The average molecular weight is 562 g/mol. The Hall–Kier alpha value is -4.63. The number of nitrogens with zero attached hydrogens (tertiary/aromatic N) is 2. The number of nitrogens with one attached hydrogen (secondary N) is 1.